The van der Waals surface area contributed by atoms with Crippen molar-refractivity contribution in [1.82, 2.24) is 14.3 Å². The van der Waals surface area contributed by atoms with Gasteiger partial charge in [0.05, 0.1) is 11.4 Å². The standard InChI is InChI=1S/C21H28N4/c1-4-13-24(14-5-2)15-19-21(17-9-11-18(22)12-10-17)23-20-8-6-7-16(3)25(19)20/h6-12H,4-5,13-15,22H2,1-3H3. The van der Waals surface area contributed by atoms with E-state index in [2.05, 4.69) is 60.4 Å². The maximum absolute atomic E-state index is 5.87. The topological polar surface area (TPSA) is 46.6 Å². The minimum atomic E-state index is 0.781. The molecule has 0 unspecified atom stereocenters. The Balaban J connectivity index is 2.12. The van der Waals surface area contributed by atoms with E-state index < -0.39 is 0 Å². The summed E-state index contributed by atoms with van der Waals surface area (Å²) in [6.45, 7) is 9.75. The number of anilines is 1. The lowest BCUT2D eigenvalue weighted by molar-refractivity contribution is 0.263. The third-order valence-electron chi connectivity index (χ3n) is 4.57. The monoisotopic (exact) mass is 336 g/mol. The molecule has 2 heterocycles. The Morgan fingerprint density at radius 2 is 1.68 bits per heavy atom. The van der Waals surface area contributed by atoms with Crippen LogP contribution in [0.15, 0.2) is 42.5 Å². The molecule has 4 heteroatoms. The Morgan fingerprint density at radius 3 is 2.32 bits per heavy atom. The zero-order chi connectivity index (χ0) is 17.8. The first kappa shape index (κ1) is 17.5. The average Bonchev–Trinajstić information content (AvgIpc) is 2.96. The summed E-state index contributed by atoms with van der Waals surface area (Å²) in [6, 6.07) is 14.3. The summed E-state index contributed by atoms with van der Waals surface area (Å²) in [5.74, 6) is 0. The van der Waals surface area contributed by atoms with Crippen LogP contribution in [0.3, 0.4) is 0 Å². The molecule has 0 saturated heterocycles. The first-order valence-corrected chi connectivity index (χ1v) is 9.19. The number of rotatable bonds is 7. The fourth-order valence-electron chi connectivity index (χ4n) is 3.46. The van der Waals surface area contributed by atoms with Gasteiger partial charge in [-0.1, -0.05) is 32.0 Å². The highest BCUT2D eigenvalue weighted by atomic mass is 15.2. The number of nitrogens with zero attached hydrogens (tertiary/aromatic N) is 3. The minimum absolute atomic E-state index is 0.781. The molecule has 3 aromatic rings. The number of aryl methyl sites for hydroxylation is 1. The number of benzene rings is 1. The van der Waals surface area contributed by atoms with Crippen molar-refractivity contribution in [2.24, 2.45) is 0 Å². The maximum Gasteiger partial charge on any atom is 0.137 e. The van der Waals surface area contributed by atoms with Gasteiger partial charge >= 0.3 is 0 Å². The van der Waals surface area contributed by atoms with Gasteiger partial charge in [-0.25, -0.2) is 4.98 Å². The summed E-state index contributed by atoms with van der Waals surface area (Å²) in [6.07, 6.45) is 2.32. The molecular weight excluding hydrogens is 308 g/mol. The average molecular weight is 336 g/mol. The van der Waals surface area contributed by atoms with Crippen molar-refractivity contribution in [1.29, 1.82) is 0 Å². The van der Waals surface area contributed by atoms with E-state index in [0.29, 0.717) is 0 Å². The molecule has 4 nitrogen and oxygen atoms in total. The molecule has 132 valence electrons. The van der Waals surface area contributed by atoms with Gasteiger partial charge in [0.2, 0.25) is 0 Å². The Kier molecular flexibility index (Phi) is 5.39. The number of fused-ring (bicyclic) bond motifs is 1. The van der Waals surface area contributed by atoms with Gasteiger partial charge in [-0.2, -0.15) is 0 Å². The van der Waals surface area contributed by atoms with Gasteiger partial charge in [-0.15, -0.1) is 0 Å². The molecule has 0 radical (unpaired) electrons. The van der Waals surface area contributed by atoms with E-state index in [-0.39, 0.29) is 0 Å². The van der Waals surface area contributed by atoms with Crippen molar-refractivity contribution in [3.8, 4) is 11.3 Å². The predicted molar refractivity (Wildman–Crippen MR) is 106 cm³/mol. The first-order valence-electron chi connectivity index (χ1n) is 9.19. The van der Waals surface area contributed by atoms with Crippen molar-refractivity contribution in [3.63, 3.8) is 0 Å². The molecule has 0 aliphatic carbocycles. The summed E-state index contributed by atoms with van der Waals surface area (Å²) in [4.78, 5) is 7.47. The fourth-order valence-corrected chi connectivity index (χ4v) is 3.46. The van der Waals surface area contributed by atoms with Crippen LogP contribution in [0.2, 0.25) is 0 Å². The van der Waals surface area contributed by atoms with Crippen LogP contribution in [-0.4, -0.2) is 27.4 Å². The lowest BCUT2D eigenvalue weighted by Crippen LogP contribution is -2.26. The summed E-state index contributed by atoms with van der Waals surface area (Å²) in [5.41, 5.74) is 12.3. The van der Waals surface area contributed by atoms with E-state index >= 15 is 0 Å². The molecule has 0 saturated carbocycles. The van der Waals surface area contributed by atoms with E-state index in [1.54, 1.807) is 0 Å². The van der Waals surface area contributed by atoms with Crippen LogP contribution in [0.4, 0.5) is 5.69 Å². The quantitative estimate of drug-likeness (QED) is 0.646. The molecule has 25 heavy (non-hydrogen) atoms. The minimum Gasteiger partial charge on any atom is -0.399 e. The zero-order valence-electron chi connectivity index (χ0n) is 15.5. The maximum atomic E-state index is 5.87. The highest BCUT2D eigenvalue weighted by Gasteiger charge is 2.17. The second-order valence-electron chi connectivity index (χ2n) is 6.67. The van der Waals surface area contributed by atoms with Crippen LogP contribution >= 0.6 is 0 Å². The molecule has 3 rings (SSSR count). The molecule has 2 N–H and O–H groups in total. The largest absolute Gasteiger partial charge is 0.399 e. The second-order valence-corrected chi connectivity index (χ2v) is 6.67. The van der Waals surface area contributed by atoms with Gasteiger partial charge in [0.15, 0.2) is 0 Å². The fraction of sp³-hybridized carbons (Fsp3) is 0.381. The van der Waals surface area contributed by atoms with Crippen LogP contribution in [0, 0.1) is 6.92 Å². The third-order valence-corrected chi connectivity index (χ3v) is 4.57. The van der Waals surface area contributed by atoms with E-state index in [9.17, 15) is 0 Å². The first-order chi connectivity index (χ1) is 12.1. The van der Waals surface area contributed by atoms with Gasteiger partial charge in [0.1, 0.15) is 5.65 Å². The van der Waals surface area contributed by atoms with Gasteiger partial charge in [-0.05, 0) is 57.1 Å². The number of nitrogen functional groups attached to an aromatic ring is 1. The Hall–Kier alpha value is -2.33. The highest BCUT2D eigenvalue weighted by molar-refractivity contribution is 5.68. The van der Waals surface area contributed by atoms with Crippen LogP contribution in [0.25, 0.3) is 16.9 Å². The molecule has 1 aromatic carbocycles. The molecule has 0 spiro atoms. The molecule has 0 aliphatic rings. The molecule has 0 fully saturated rings. The summed E-state index contributed by atoms with van der Waals surface area (Å²) >= 11 is 0. The number of imidazole rings is 1. The second kappa shape index (κ2) is 7.70. The molecule has 0 bridgehead atoms. The Labute approximate surface area is 150 Å². The van der Waals surface area contributed by atoms with Crippen LogP contribution in [0.5, 0.6) is 0 Å². The number of nitrogens with two attached hydrogens (primary N) is 1. The summed E-state index contributed by atoms with van der Waals surface area (Å²) in [7, 11) is 0. The summed E-state index contributed by atoms with van der Waals surface area (Å²) in [5, 5.41) is 0. The summed E-state index contributed by atoms with van der Waals surface area (Å²) < 4.78 is 2.30. The number of hydrogen-bond donors (Lipinski definition) is 1. The predicted octanol–water partition coefficient (Wildman–Crippen LogP) is 4.51. The van der Waals surface area contributed by atoms with Crippen LogP contribution < -0.4 is 5.73 Å². The Bertz CT molecular complexity index is 827. The van der Waals surface area contributed by atoms with Crippen molar-refractivity contribution in [2.45, 2.75) is 40.2 Å². The van der Waals surface area contributed by atoms with Crippen molar-refractivity contribution < 1.29 is 0 Å². The number of hydrogen-bond acceptors (Lipinski definition) is 3. The van der Waals surface area contributed by atoms with E-state index in [0.717, 1.165) is 55.1 Å². The van der Waals surface area contributed by atoms with Gasteiger partial charge < -0.3 is 5.73 Å². The van der Waals surface area contributed by atoms with Crippen molar-refractivity contribution in [2.75, 3.05) is 18.8 Å². The molecule has 2 aromatic heterocycles. The SMILES string of the molecule is CCCN(CCC)Cc1c(-c2ccc(N)cc2)nc2cccc(C)n12. The van der Waals surface area contributed by atoms with Gasteiger partial charge in [-0.3, -0.25) is 9.30 Å². The van der Waals surface area contributed by atoms with Crippen LogP contribution in [0.1, 0.15) is 38.1 Å². The van der Waals surface area contributed by atoms with E-state index in [1.807, 2.05) is 12.1 Å². The van der Waals surface area contributed by atoms with E-state index in [1.165, 1.54) is 11.4 Å². The molecule has 0 atom stereocenters. The molecule has 0 amide bonds. The van der Waals surface area contributed by atoms with Crippen molar-refractivity contribution >= 4 is 11.3 Å². The molecule has 0 aliphatic heterocycles. The molecular formula is C21H28N4. The zero-order valence-corrected chi connectivity index (χ0v) is 15.5. The smallest absolute Gasteiger partial charge is 0.137 e. The lowest BCUT2D eigenvalue weighted by Gasteiger charge is -2.22. The lowest BCUT2D eigenvalue weighted by atomic mass is 10.1. The Morgan fingerprint density at radius 1 is 1.00 bits per heavy atom. The van der Waals surface area contributed by atoms with Gasteiger partial charge in [0.25, 0.3) is 0 Å². The van der Waals surface area contributed by atoms with Crippen molar-refractivity contribution in [3.05, 3.63) is 53.9 Å². The normalized spacial score (nSPS) is 11.5. The number of aromatic nitrogens is 2. The number of pyridine rings is 1. The third kappa shape index (κ3) is 3.69. The van der Waals surface area contributed by atoms with Crippen LogP contribution in [-0.2, 0) is 6.54 Å². The highest BCUT2D eigenvalue weighted by Crippen LogP contribution is 2.27. The van der Waals surface area contributed by atoms with E-state index in [4.69, 9.17) is 10.7 Å². The van der Waals surface area contributed by atoms with Gasteiger partial charge in [0, 0.05) is 23.5 Å².